The number of aromatic nitrogens is 4. The van der Waals surface area contributed by atoms with E-state index in [9.17, 15) is 10.2 Å². The van der Waals surface area contributed by atoms with E-state index in [1.165, 1.54) is 6.07 Å². The van der Waals surface area contributed by atoms with Crippen LogP contribution in [0.25, 0.3) is 22.6 Å². The standard InChI is InChI=1S/C24H17ClN6O2/c25-17-12-20(23(33)13-22(17)32)30-29-15-7-8-21-19(11-15)28-24(18-6-2-4-10-27-18)31(21)14-16-5-1-3-9-26-16/h1-13,32-33H,14H2. The van der Waals surface area contributed by atoms with E-state index < -0.39 is 0 Å². The van der Waals surface area contributed by atoms with Gasteiger partial charge in [-0.1, -0.05) is 23.7 Å². The third-order valence-electron chi connectivity index (χ3n) is 4.99. The second kappa shape index (κ2) is 8.68. The van der Waals surface area contributed by atoms with Crippen LogP contribution in [0.15, 0.2) is 89.4 Å². The van der Waals surface area contributed by atoms with Crippen molar-refractivity contribution < 1.29 is 10.2 Å². The second-order valence-electron chi connectivity index (χ2n) is 7.22. The Labute approximate surface area is 193 Å². The molecule has 0 unspecified atom stereocenters. The molecular formula is C24H17ClN6O2. The molecule has 0 saturated carbocycles. The lowest BCUT2D eigenvalue weighted by Crippen LogP contribution is -2.04. The molecule has 0 radical (unpaired) electrons. The summed E-state index contributed by atoms with van der Waals surface area (Å²) < 4.78 is 2.06. The largest absolute Gasteiger partial charge is 0.506 e. The van der Waals surface area contributed by atoms with Gasteiger partial charge in [-0.15, -0.1) is 5.11 Å². The molecule has 33 heavy (non-hydrogen) atoms. The van der Waals surface area contributed by atoms with Gasteiger partial charge in [0.2, 0.25) is 0 Å². The van der Waals surface area contributed by atoms with Crippen molar-refractivity contribution in [2.75, 3.05) is 0 Å². The number of imidazole rings is 1. The molecule has 0 amide bonds. The number of azo groups is 1. The molecule has 0 aliphatic heterocycles. The van der Waals surface area contributed by atoms with Gasteiger partial charge in [0.1, 0.15) is 22.9 Å². The molecule has 0 spiro atoms. The molecule has 0 aliphatic rings. The van der Waals surface area contributed by atoms with Crippen molar-refractivity contribution in [2.45, 2.75) is 6.54 Å². The van der Waals surface area contributed by atoms with E-state index in [0.717, 1.165) is 28.5 Å². The van der Waals surface area contributed by atoms with Crippen molar-refractivity contribution in [3.63, 3.8) is 0 Å². The normalized spacial score (nSPS) is 11.4. The molecule has 8 nitrogen and oxygen atoms in total. The third kappa shape index (κ3) is 4.24. The van der Waals surface area contributed by atoms with E-state index in [1.807, 2.05) is 48.5 Å². The number of halogens is 1. The number of rotatable bonds is 5. The molecule has 0 aliphatic carbocycles. The zero-order valence-corrected chi connectivity index (χ0v) is 17.9. The van der Waals surface area contributed by atoms with E-state index in [0.29, 0.717) is 18.1 Å². The quantitative estimate of drug-likeness (QED) is 0.314. The number of pyridine rings is 2. The number of phenolic OH excluding ortho intramolecular Hbond substituents is 2. The molecule has 3 heterocycles. The molecule has 5 rings (SSSR count). The van der Waals surface area contributed by atoms with E-state index in [4.69, 9.17) is 16.6 Å². The summed E-state index contributed by atoms with van der Waals surface area (Å²) in [4.78, 5) is 13.7. The summed E-state index contributed by atoms with van der Waals surface area (Å²) in [6, 6.07) is 19.5. The van der Waals surface area contributed by atoms with Crippen molar-refractivity contribution in [2.24, 2.45) is 10.2 Å². The lowest BCUT2D eigenvalue weighted by atomic mass is 10.2. The Morgan fingerprint density at radius 3 is 2.42 bits per heavy atom. The Kier molecular flexibility index (Phi) is 5.42. The Hall–Kier alpha value is -4.30. The summed E-state index contributed by atoms with van der Waals surface area (Å²) in [5, 5.41) is 27.9. The summed E-state index contributed by atoms with van der Waals surface area (Å²) in [5.74, 6) is 0.266. The molecular weight excluding hydrogens is 440 g/mol. The lowest BCUT2D eigenvalue weighted by molar-refractivity contribution is 0.451. The van der Waals surface area contributed by atoms with E-state index in [-0.39, 0.29) is 22.2 Å². The van der Waals surface area contributed by atoms with E-state index in [2.05, 4.69) is 24.8 Å². The zero-order chi connectivity index (χ0) is 22.8. The first-order valence-electron chi connectivity index (χ1n) is 10.0. The average molecular weight is 457 g/mol. The fourth-order valence-corrected chi connectivity index (χ4v) is 3.57. The van der Waals surface area contributed by atoms with Crippen LogP contribution in [0, 0.1) is 0 Å². The minimum Gasteiger partial charge on any atom is -0.506 e. The highest BCUT2D eigenvalue weighted by Crippen LogP contribution is 2.37. The smallest absolute Gasteiger partial charge is 0.160 e. The number of fused-ring (bicyclic) bond motifs is 1. The molecule has 0 bridgehead atoms. The number of phenols is 2. The van der Waals surface area contributed by atoms with E-state index >= 15 is 0 Å². The van der Waals surface area contributed by atoms with Crippen LogP contribution in [-0.4, -0.2) is 29.7 Å². The number of hydrogen-bond donors (Lipinski definition) is 2. The molecule has 0 fully saturated rings. The van der Waals surface area contributed by atoms with Crippen LogP contribution >= 0.6 is 11.6 Å². The first-order chi connectivity index (χ1) is 16.1. The van der Waals surface area contributed by atoms with Crippen molar-refractivity contribution in [3.05, 3.63) is 89.8 Å². The lowest BCUT2D eigenvalue weighted by Gasteiger charge is -2.08. The van der Waals surface area contributed by atoms with Crippen LogP contribution in [0.5, 0.6) is 11.5 Å². The van der Waals surface area contributed by atoms with Crippen LogP contribution in [0.3, 0.4) is 0 Å². The Morgan fingerprint density at radius 2 is 1.67 bits per heavy atom. The Bertz CT molecular complexity index is 1470. The summed E-state index contributed by atoms with van der Waals surface area (Å²) >= 11 is 5.90. The highest BCUT2D eigenvalue weighted by molar-refractivity contribution is 6.32. The van der Waals surface area contributed by atoms with Crippen molar-refractivity contribution in [3.8, 4) is 23.0 Å². The molecule has 9 heteroatoms. The molecule has 2 N–H and O–H groups in total. The first-order valence-corrected chi connectivity index (χ1v) is 10.4. The van der Waals surface area contributed by atoms with Gasteiger partial charge >= 0.3 is 0 Å². The minimum absolute atomic E-state index is 0.0745. The second-order valence-corrected chi connectivity index (χ2v) is 7.63. The molecule has 0 saturated heterocycles. The number of nitrogens with zero attached hydrogens (tertiary/aromatic N) is 6. The summed E-state index contributed by atoms with van der Waals surface area (Å²) in [6.45, 7) is 0.532. The number of aromatic hydroxyl groups is 2. The summed E-state index contributed by atoms with van der Waals surface area (Å²) in [6.07, 6.45) is 3.49. The SMILES string of the molecule is Oc1cc(O)c(N=Nc2ccc3c(c2)nc(-c2ccccn2)n3Cc2ccccn2)cc1Cl. The minimum atomic E-state index is -0.227. The highest BCUT2D eigenvalue weighted by atomic mass is 35.5. The average Bonchev–Trinajstić information content (AvgIpc) is 3.19. The maximum Gasteiger partial charge on any atom is 0.160 e. The van der Waals surface area contributed by atoms with Crippen molar-refractivity contribution in [1.82, 2.24) is 19.5 Å². The molecule has 0 atom stereocenters. The molecule has 3 aromatic heterocycles. The maximum atomic E-state index is 9.97. The topological polar surface area (TPSA) is 109 Å². The predicted molar refractivity (Wildman–Crippen MR) is 125 cm³/mol. The number of benzene rings is 2. The highest BCUT2D eigenvalue weighted by Gasteiger charge is 2.15. The molecule has 162 valence electrons. The summed E-state index contributed by atoms with van der Waals surface area (Å²) in [7, 11) is 0. The zero-order valence-electron chi connectivity index (χ0n) is 17.2. The van der Waals surface area contributed by atoms with Crippen molar-refractivity contribution >= 4 is 34.0 Å². The fourth-order valence-electron chi connectivity index (χ4n) is 3.42. The van der Waals surface area contributed by atoms with Crippen LogP contribution in [0.2, 0.25) is 5.02 Å². The third-order valence-corrected chi connectivity index (χ3v) is 5.29. The monoisotopic (exact) mass is 456 g/mol. The van der Waals surface area contributed by atoms with Gasteiger partial charge in [-0.2, -0.15) is 5.11 Å². The van der Waals surface area contributed by atoms with Gasteiger partial charge < -0.3 is 14.8 Å². The van der Waals surface area contributed by atoms with Gasteiger partial charge in [-0.05, 0) is 48.5 Å². The van der Waals surface area contributed by atoms with Gasteiger partial charge in [-0.3, -0.25) is 9.97 Å². The molecule has 5 aromatic rings. The van der Waals surface area contributed by atoms with Crippen molar-refractivity contribution in [1.29, 1.82) is 0 Å². The van der Waals surface area contributed by atoms with Crippen LogP contribution in [0.1, 0.15) is 5.69 Å². The molecule has 2 aromatic carbocycles. The van der Waals surface area contributed by atoms with Gasteiger partial charge in [-0.25, -0.2) is 4.98 Å². The van der Waals surface area contributed by atoms with E-state index in [1.54, 1.807) is 18.5 Å². The maximum absolute atomic E-state index is 9.97. The fraction of sp³-hybridized carbons (Fsp3) is 0.0417. The van der Waals surface area contributed by atoms with Gasteiger partial charge in [0.25, 0.3) is 0 Å². The van der Waals surface area contributed by atoms with Gasteiger partial charge in [0.05, 0.1) is 34.0 Å². The first kappa shape index (κ1) is 20.6. The Balaban J connectivity index is 1.56. The van der Waals surface area contributed by atoms with Crippen LogP contribution in [0.4, 0.5) is 11.4 Å². The van der Waals surface area contributed by atoms with Gasteiger partial charge in [0, 0.05) is 18.5 Å². The van der Waals surface area contributed by atoms with Crippen LogP contribution < -0.4 is 0 Å². The Morgan fingerprint density at radius 1 is 0.848 bits per heavy atom. The predicted octanol–water partition coefficient (Wildman–Crippen LogP) is 6.02. The number of hydrogen-bond acceptors (Lipinski definition) is 7. The van der Waals surface area contributed by atoms with Gasteiger partial charge in [0.15, 0.2) is 5.82 Å². The summed E-state index contributed by atoms with van der Waals surface area (Å²) in [5.41, 5.74) is 3.95. The van der Waals surface area contributed by atoms with Crippen LogP contribution in [-0.2, 0) is 6.54 Å².